The number of carbonyl (C=O) groups is 2. The summed E-state index contributed by atoms with van der Waals surface area (Å²) in [4.78, 5) is 25.3. The number of hydrogen-bond acceptors (Lipinski definition) is 5. The van der Waals surface area contributed by atoms with E-state index in [0.29, 0.717) is 30.0 Å². The van der Waals surface area contributed by atoms with Crippen LogP contribution in [0.5, 0.6) is 5.75 Å². The van der Waals surface area contributed by atoms with E-state index in [-0.39, 0.29) is 5.57 Å². The first kappa shape index (κ1) is 24.0. The molecule has 1 saturated carbocycles. The molecule has 0 bridgehead atoms. The topological polar surface area (TPSA) is 141 Å². The average Bonchev–Trinajstić information content (AvgIpc) is 3.49. The van der Waals surface area contributed by atoms with Gasteiger partial charge in [0.15, 0.2) is 0 Å². The molecule has 1 aromatic carbocycles. The molecule has 0 radical (unpaired) electrons. The molecule has 9 nitrogen and oxygen atoms in total. The standard InChI is InChI=1S/C27H29N3O6S/c1-36-21-11-10-15(14-6-3-2-4-7-14)25-18(21)12-20-22-16(8-5-9-17(22)27(32)33)23-19(13-30(20)25)24(23)26(31)29-37(28,34)35/h5,8,10-12,14,17,22H,2-4,6-7,9,13H2,1H3,(H,29,31)(H,32,33)(H2,28,34,35)/t17-,22?/m1/s1. The molecule has 10 heteroatoms. The third kappa shape index (κ3) is 3.90. The lowest BCUT2D eigenvalue weighted by Crippen LogP contribution is -2.35. The van der Waals surface area contributed by atoms with Crippen molar-refractivity contribution in [3.05, 3.63) is 63.9 Å². The zero-order valence-electron chi connectivity index (χ0n) is 20.5. The van der Waals surface area contributed by atoms with Crippen LogP contribution in [0.1, 0.15) is 61.6 Å². The fourth-order valence-corrected chi connectivity index (χ4v) is 7.05. The lowest BCUT2D eigenvalue weighted by Gasteiger charge is -2.29. The Kier molecular flexibility index (Phi) is 5.57. The van der Waals surface area contributed by atoms with Crippen LogP contribution in [-0.4, -0.2) is 37.1 Å². The van der Waals surface area contributed by atoms with Crippen LogP contribution in [0.4, 0.5) is 0 Å². The number of amides is 1. The molecule has 194 valence electrons. The Hall–Kier alpha value is -3.37. The summed E-state index contributed by atoms with van der Waals surface area (Å²) < 4.78 is 32.9. The van der Waals surface area contributed by atoms with Gasteiger partial charge < -0.3 is 14.4 Å². The van der Waals surface area contributed by atoms with Gasteiger partial charge in [-0.1, -0.05) is 37.5 Å². The van der Waals surface area contributed by atoms with E-state index in [2.05, 4.69) is 16.7 Å². The van der Waals surface area contributed by atoms with Crippen LogP contribution in [0.25, 0.3) is 10.9 Å². The Morgan fingerprint density at radius 2 is 1.95 bits per heavy atom. The first-order chi connectivity index (χ1) is 17.7. The summed E-state index contributed by atoms with van der Waals surface area (Å²) in [6.45, 7) is 0.342. The highest BCUT2D eigenvalue weighted by molar-refractivity contribution is 7.87. The van der Waals surface area contributed by atoms with E-state index in [0.717, 1.165) is 40.8 Å². The second-order valence-electron chi connectivity index (χ2n) is 10.3. The minimum Gasteiger partial charge on any atom is -0.496 e. The summed E-state index contributed by atoms with van der Waals surface area (Å²) >= 11 is 0. The van der Waals surface area contributed by atoms with Crippen molar-refractivity contribution in [3.63, 3.8) is 0 Å². The van der Waals surface area contributed by atoms with Crippen molar-refractivity contribution in [2.75, 3.05) is 7.11 Å². The number of nitrogens with one attached hydrogen (secondary N) is 1. The van der Waals surface area contributed by atoms with Crippen LogP contribution < -0.4 is 14.6 Å². The molecular formula is C27H29N3O6S. The highest BCUT2D eigenvalue weighted by Crippen LogP contribution is 2.55. The Morgan fingerprint density at radius 3 is 2.62 bits per heavy atom. The number of rotatable bonds is 5. The molecule has 1 aliphatic heterocycles. The van der Waals surface area contributed by atoms with Crippen molar-refractivity contribution in [1.82, 2.24) is 9.29 Å². The van der Waals surface area contributed by atoms with Gasteiger partial charge >= 0.3 is 5.97 Å². The third-order valence-corrected chi connectivity index (χ3v) is 8.74. The number of nitrogens with two attached hydrogens (primary N) is 1. The molecule has 4 N–H and O–H groups in total. The molecule has 6 rings (SSSR count). The third-order valence-electron chi connectivity index (χ3n) is 8.27. The van der Waals surface area contributed by atoms with Crippen LogP contribution in [0.15, 0.2) is 52.6 Å². The number of nitrogens with zero attached hydrogens (tertiary/aromatic N) is 1. The quantitative estimate of drug-likeness (QED) is 0.549. The van der Waals surface area contributed by atoms with Gasteiger partial charge in [-0.2, -0.15) is 8.42 Å². The molecule has 0 spiro atoms. The number of carbonyl (C=O) groups excluding carboxylic acids is 1. The molecule has 1 amide bonds. The maximum Gasteiger partial charge on any atom is 0.307 e. The van der Waals surface area contributed by atoms with E-state index in [4.69, 9.17) is 9.88 Å². The molecule has 37 heavy (non-hydrogen) atoms. The SMILES string of the molecule is COc1ccc(C2CCCCC2)c2c1cc1n2CC2=C(C(=O)NS(N)(=O)=O)C2=C2C=CC[C@@H](C(=O)O)C21. The number of methoxy groups -OCH3 is 1. The monoisotopic (exact) mass is 523 g/mol. The van der Waals surface area contributed by atoms with Crippen LogP contribution in [0.3, 0.4) is 0 Å². The van der Waals surface area contributed by atoms with Crippen molar-refractivity contribution in [2.24, 2.45) is 11.1 Å². The lowest BCUT2D eigenvalue weighted by atomic mass is 9.76. The molecule has 1 aromatic heterocycles. The van der Waals surface area contributed by atoms with Gasteiger partial charge in [0.1, 0.15) is 5.75 Å². The first-order valence-corrected chi connectivity index (χ1v) is 14.2. The predicted molar refractivity (Wildman–Crippen MR) is 137 cm³/mol. The van der Waals surface area contributed by atoms with Gasteiger partial charge in [0.2, 0.25) is 0 Å². The van der Waals surface area contributed by atoms with Gasteiger partial charge in [-0.25, -0.2) is 9.86 Å². The molecular weight excluding hydrogens is 494 g/mol. The van der Waals surface area contributed by atoms with Gasteiger partial charge in [-0.3, -0.25) is 9.59 Å². The normalized spacial score (nSPS) is 23.3. The molecule has 4 aliphatic rings. The minimum absolute atomic E-state index is 0.277. The predicted octanol–water partition coefficient (Wildman–Crippen LogP) is 3.38. The van der Waals surface area contributed by atoms with Crippen molar-refractivity contribution in [2.45, 2.75) is 56.9 Å². The van der Waals surface area contributed by atoms with Gasteiger partial charge in [0, 0.05) is 23.5 Å². The van der Waals surface area contributed by atoms with Crippen LogP contribution in [0.2, 0.25) is 0 Å². The summed E-state index contributed by atoms with van der Waals surface area (Å²) in [6.07, 6.45) is 9.79. The maximum absolute atomic E-state index is 12.9. The van der Waals surface area contributed by atoms with Gasteiger partial charge in [0.05, 0.1) is 24.1 Å². The average molecular weight is 524 g/mol. The van der Waals surface area contributed by atoms with Crippen molar-refractivity contribution in [1.29, 1.82) is 0 Å². The fraction of sp³-hybridized carbons (Fsp3) is 0.407. The van der Waals surface area contributed by atoms with E-state index in [1.165, 1.54) is 24.8 Å². The number of allylic oxidation sites excluding steroid dienone is 4. The van der Waals surface area contributed by atoms with Crippen molar-refractivity contribution < 1.29 is 27.9 Å². The van der Waals surface area contributed by atoms with E-state index in [1.54, 1.807) is 7.11 Å². The zero-order chi connectivity index (χ0) is 26.1. The summed E-state index contributed by atoms with van der Waals surface area (Å²) in [6, 6.07) is 6.16. The number of hydrogen-bond donors (Lipinski definition) is 3. The Labute approximate surface area is 214 Å². The number of fused-ring (bicyclic) bond motifs is 6. The molecule has 2 atom stereocenters. The Balaban J connectivity index is 1.60. The molecule has 0 saturated heterocycles. The molecule has 1 fully saturated rings. The molecule has 1 unspecified atom stereocenters. The van der Waals surface area contributed by atoms with E-state index in [9.17, 15) is 23.1 Å². The second-order valence-corrected chi connectivity index (χ2v) is 11.6. The van der Waals surface area contributed by atoms with Crippen molar-refractivity contribution >= 4 is 33.0 Å². The van der Waals surface area contributed by atoms with Gasteiger partial charge in [-0.05, 0) is 59.6 Å². The van der Waals surface area contributed by atoms with E-state index >= 15 is 0 Å². The zero-order valence-corrected chi connectivity index (χ0v) is 21.3. The maximum atomic E-state index is 12.9. The Morgan fingerprint density at radius 1 is 1.19 bits per heavy atom. The number of carboxylic acid groups (broad SMARTS) is 1. The Bertz CT molecular complexity index is 1560. The molecule has 3 aliphatic carbocycles. The number of ether oxygens (including phenoxy) is 1. The smallest absolute Gasteiger partial charge is 0.307 e. The summed E-state index contributed by atoms with van der Waals surface area (Å²) in [5, 5.41) is 16.2. The number of benzene rings is 1. The van der Waals surface area contributed by atoms with Crippen LogP contribution >= 0.6 is 0 Å². The number of carboxylic acids is 1. The largest absolute Gasteiger partial charge is 0.496 e. The summed E-state index contributed by atoms with van der Waals surface area (Å²) in [5.41, 5.74) is 5.46. The number of aliphatic carboxylic acids is 1. The van der Waals surface area contributed by atoms with Crippen molar-refractivity contribution in [3.8, 4) is 5.75 Å². The minimum atomic E-state index is -4.24. The van der Waals surface area contributed by atoms with Gasteiger partial charge in [-0.15, -0.1) is 0 Å². The fourth-order valence-electron chi connectivity index (χ4n) is 6.69. The lowest BCUT2D eigenvalue weighted by molar-refractivity contribution is -0.142. The van der Waals surface area contributed by atoms with Gasteiger partial charge in [0.25, 0.3) is 16.1 Å². The number of aromatic nitrogens is 1. The highest BCUT2D eigenvalue weighted by atomic mass is 32.2. The van der Waals surface area contributed by atoms with Crippen LogP contribution in [0, 0.1) is 5.92 Å². The molecule has 2 heterocycles. The van der Waals surface area contributed by atoms with E-state index in [1.807, 2.05) is 22.9 Å². The summed E-state index contributed by atoms with van der Waals surface area (Å²) in [5.74, 6) is -1.81. The first-order valence-electron chi connectivity index (χ1n) is 12.6. The van der Waals surface area contributed by atoms with Crippen LogP contribution in [-0.2, 0) is 26.3 Å². The summed E-state index contributed by atoms with van der Waals surface area (Å²) in [7, 11) is -2.61. The molecule has 2 aromatic rings. The highest BCUT2D eigenvalue weighted by Gasteiger charge is 2.47. The second kappa shape index (κ2) is 8.59. The van der Waals surface area contributed by atoms with E-state index < -0.39 is 33.9 Å².